The third-order valence-corrected chi connectivity index (χ3v) is 4.11. The van der Waals surface area contributed by atoms with Crippen LogP contribution in [-0.2, 0) is 13.1 Å². The first-order valence-corrected chi connectivity index (χ1v) is 7.27. The fourth-order valence-electron chi connectivity index (χ4n) is 3.09. The van der Waals surface area contributed by atoms with Crippen molar-refractivity contribution in [3.05, 3.63) is 35.8 Å². The molecule has 0 bridgehead atoms. The highest BCUT2D eigenvalue weighted by atomic mass is 19.1. The molecule has 0 spiro atoms. The molecule has 0 radical (unpaired) electrons. The van der Waals surface area contributed by atoms with Crippen molar-refractivity contribution in [2.45, 2.75) is 39.3 Å². The molecule has 1 aromatic carbocycles. The van der Waals surface area contributed by atoms with E-state index >= 15 is 0 Å². The molecule has 0 amide bonds. The van der Waals surface area contributed by atoms with E-state index in [1.165, 1.54) is 37.9 Å². The van der Waals surface area contributed by atoms with Gasteiger partial charge in [0.25, 0.3) is 0 Å². The highest BCUT2D eigenvalue weighted by Crippen LogP contribution is 2.25. The first-order chi connectivity index (χ1) is 9.28. The Kier molecular flexibility index (Phi) is 3.56. The first-order valence-electron chi connectivity index (χ1n) is 7.27. The maximum absolute atomic E-state index is 13.5. The summed E-state index contributed by atoms with van der Waals surface area (Å²) in [5.74, 6) is -0.138. The summed E-state index contributed by atoms with van der Waals surface area (Å²) in [6, 6.07) is 5.13. The Bertz CT molecular complexity index is 567. The van der Waals surface area contributed by atoms with Gasteiger partial charge in [-0.2, -0.15) is 0 Å². The summed E-state index contributed by atoms with van der Waals surface area (Å²) in [5, 5.41) is 1.08. The molecule has 2 aromatic rings. The number of likely N-dealkylation sites (tertiary alicyclic amines) is 1. The smallest absolute Gasteiger partial charge is 0.123 e. The maximum Gasteiger partial charge on any atom is 0.123 e. The molecule has 0 unspecified atom stereocenters. The summed E-state index contributed by atoms with van der Waals surface area (Å²) in [6.07, 6.45) is 6.13. The zero-order valence-corrected chi connectivity index (χ0v) is 11.5. The largest absolute Gasteiger partial charge is 0.347 e. The third kappa shape index (κ3) is 2.52. The minimum atomic E-state index is -0.138. The number of aromatic nitrogens is 1. The van der Waals surface area contributed by atoms with Gasteiger partial charge in [-0.1, -0.05) is 6.42 Å². The van der Waals surface area contributed by atoms with Crippen molar-refractivity contribution < 1.29 is 4.39 Å². The van der Waals surface area contributed by atoms with E-state index in [1.54, 1.807) is 12.1 Å². The molecule has 1 aliphatic heterocycles. The van der Waals surface area contributed by atoms with Crippen LogP contribution in [0.3, 0.4) is 0 Å². The van der Waals surface area contributed by atoms with E-state index in [9.17, 15) is 4.39 Å². The van der Waals surface area contributed by atoms with Crippen molar-refractivity contribution in [1.82, 2.24) is 9.47 Å². The SMILES string of the molecule is CCn1cc(CN2CCCCC2)c2cc(F)ccc21. The van der Waals surface area contributed by atoms with E-state index in [-0.39, 0.29) is 5.82 Å². The monoisotopic (exact) mass is 260 g/mol. The quantitative estimate of drug-likeness (QED) is 0.815. The van der Waals surface area contributed by atoms with Crippen LogP contribution >= 0.6 is 0 Å². The van der Waals surface area contributed by atoms with Gasteiger partial charge in [-0.15, -0.1) is 0 Å². The number of nitrogens with zero attached hydrogens (tertiary/aromatic N) is 2. The Hall–Kier alpha value is -1.35. The van der Waals surface area contributed by atoms with Gasteiger partial charge < -0.3 is 4.57 Å². The molecule has 1 fully saturated rings. The van der Waals surface area contributed by atoms with Crippen molar-refractivity contribution in [3.63, 3.8) is 0 Å². The number of hydrogen-bond acceptors (Lipinski definition) is 1. The van der Waals surface area contributed by atoms with E-state index < -0.39 is 0 Å². The van der Waals surface area contributed by atoms with Crippen molar-refractivity contribution in [3.8, 4) is 0 Å². The second-order valence-corrected chi connectivity index (χ2v) is 5.44. The van der Waals surface area contributed by atoms with Gasteiger partial charge in [-0.25, -0.2) is 4.39 Å². The zero-order valence-electron chi connectivity index (χ0n) is 11.5. The van der Waals surface area contributed by atoms with Gasteiger partial charge in [-0.3, -0.25) is 4.90 Å². The van der Waals surface area contributed by atoms with E-state index in [0.717, 1.165) is 24.0 Å². The predicted octanol–water partition coefficient (Wildman–Crippen LogP) is 3.79. The number of halogens is 1. The van der Waals surface area contributed by atoms with Crippen molar-refractivity contribution in [1.29, 1.82) is 0 Å². The average Bonchev–Trinajstić information content (AvgIpc) is 2.77. The average molecular weight is 260 g/mol. The lowest BCUT2D eigenvalue weighted by atomic mass is 10.1. The summed E-state index contributed by atoms with van der Waals surface area (Å²) in [4.78, 5) is 2.49. The molecule has 2 heterocycles. The lowest BCUT2D eigenvalue weighted by Crippen LogP contribution is -2.28. The molecule has 1 saturated heterocycles. The molecule has 2 nitrogen and oxygen atoms in total. The van der Waals surface area contributed by atoms with E-state index in [2.05, 4.69) is 22.6 Å². The Morgan fingerprint density at radius 2 is 1.95 bits per heavy atom. The topological polar surface area (TPSA) is 8.17 Å². The second-order valence-electron chi connectivity index (χ2n) is 5.44. The molecular weight excluding hydrogens is 239 g/mol. The van der Waals surface area contributed by atoms with Crippen LogP contribution < -0.4 is 0 Å². The van der Waals surface area contributed by atoms with Gasteiger partial charge in [0.2, 0.25) is 0 Å². The fourth-order valence-corrected chi connectivity index (χ4v) is 3.09. The zero-order chi connectivity index (χ0) is 13.2. The van der Waals surface area contributed by atoms with Crippen molar-refractivity contribution >= 4 is 10.9 Å². The Balaban J connectivity index is 1.95. The standard InChI is InChI=1S/C16H21FN2/c1-2-19-12-13(11-18-8-4-3-5-9-18)15-10-14(17)6-7-16(15)19/h6-7,10,12H,2-5,8-9,11H2,1H3. The summed E-state index contributed by atoms with van der Waals surface area (Å²) < 4.78 is 15.7. The highest BCUT2D eigenvalue weighted by molar-refractivity contribution is 5.84. The van der Waals surface area contributed by atoms with E-state index in [4.69, 9.17) is 0 Å². The molecule has 0 atom stereocenters. The Morgan fingerprint density at radius 3 is 2.68 bits per heavy atom. The van der Waals surface area contributed by atoms with Crippen LogP contribution in [0.5, 0.6) is 0 Å². The molecule has 1 aromatic heterocycles. The van der Waals surface area contributed by atoms with Gasteiger partial charge in [-0.05, 0) is 56.6 Å². The normalized spacial score (nSPS) is 17.2. The van der Waals surface area contributed by atoms with Crippen LogP contribution in [0, 0.1) is 5.82 Å². The van der Waals surface area contributed by atoms with Crippen LogP contribution in [0.1, 0.15) is 31.7 Å². The van der Waals surface area contributed by atoms with Crippen LogP contribution in [-0.4, -0.2) is 22.6 Å². The molecule has 19 heavy (non-hydrogen) atoms. The second kappa shape index (κ2) is 5.33. The summed E-state index contributed by atoms with van der Waals surface area (Å²) in [6.45, 7) is 6.37. The molecule has 0 saturated carbocycles. The van der Waals surface area contributed by atoms with Crippen LogP contribution in [0.4, 0.5) is 4.39 Å². The number of benzene rings is 1. The molecule has 1 aliphatic rings. The highest BCUT2D eigenvalue weighted by Gasteiger charge is 2.14. The molecule has 3 heteroatoms. The third-order valence-electron chi connectivity index (χ3n) is 4.11. The van der Waals surface area contributed by atoms with Crippen LogP contribution in [0.2, 0.25) is 0 Å². The minimum Gasteiger partial charge on any atom is -0.347 e. The Morgan fingerprint density at radius 1 is 1.16 bits per heavy atom. The summed E-state index contributed by atoms with van der Waals surface area (Å²) >= 11 is 0. The number of aryl methyl sites for hydroxylation is 1. The number of fused-ring (bicyclic) bond motifs is 1. The van der Waals surface area contributed by atoms with Crippen LogP contribution in [0.15, 0.2) is 24.4 Å². The molecule has 0 aliphatic carbocycles. The molecule has 3 rings (SSSR count). The van der Waals surface area contributed by atoms with Crippen molar-refractivity contribution in [2.75, 3.05) is 13.1 Å². The summed E-state index contributed by atoms with van der Waals surface area (Å²) in [5.41, 5.74) is 2.41. The number of piperidine rings is 1. The number of hydrogen-bond donors (Lipinski definition) is 0. The molecule has 0 N–H and O–H groups in total. The Labute approximate surface area is 113 Å². The molecular formula is C16H21FN2. The number of rotatable bonds is 3. The van der Waals surface area contributed by atoms with E-state index in [1.807, 2.05) is 6.07 Å². The first kappa shape index (κ1) is 12.7. The summed E-state index contributed by atoms with van der Waals surface area (Å²) in [7, 11) is 0. The predicted molar refractivity (Wildman–Crippen MR) is 76.7 cm³/mol. The lowest BCUT2D eigenvalue weighted by Gasteiger charge is -2.26. The minimum absolute atomic E-state index is 0.138. The van der Waals surface area contributed by atoms with E-state index in [0.29, 0.717) is 0 Å². The maximum atomic E-state index is 13.5. The van der Waals surface area contributed by atoms with Gasteiger partial charge in [0.15, 0.2) is 0 Å². The van der Waals surface area contributed by atoms with Gasteiger partial charge >= 0.3 is 0 Å². The molecule has 102 valence electrons. The lowest BCUT2D eigenvalue weighted by molar-refractivity contribution is 0.221. The van der Waals surface area contributed by atoms with Gasteiger partial charge in [0.1, 0.15) is 5.82 Å². The fraction of sp³-hybridized carbons (Fsp3) is 0.500. The van der Waals surface area contributed by atoms with Gasteiger partial charge in [0.05, 0.1) is 0 Å². The van der Waals surface area contributed by atoms with Crippen LogP contribution in [0.25, 0.3) is 10.9 Å². The van der Waals surface area contributed by atoms with Crippen molar-refractivity contribution in [2.24, 2.45) is 0 Å². The van der Waals surface area contributed by atoms with Gasteiger partial charge in [0, 0.05) is 30.2 Å².